The molecule has 10 heteroatoms. The van der Waals surface area contributed by atoms with E-state index in [4.69, 9.17) is 10.2 Å². The number of aliphatic hydroxyl groups is 2. The molecule has 0 aromatic rings. The molecule has 0 spiro atoms. The maximum Gasteiger partial charge on any atom is 0.311 e. The fourth-order valence-electron chi connectivity index (χ4n) is 0.611. The third-order valence-corrected chi connectivity index (χ3v) is 1.32. The van der Waals surface area contributed by atoms with Crippen LogP contribution in [0.15, 0.2) is 0 Å². The van der Waals surface area contributed by atoms with Gasteiger partial charge in [-0.25, -0.2) is 0 Å². The van der Waals surface area contributed by atoms with E-state index >= 15 is 0 Å². The summed E-state index contributed by atoms with van der Waals surface area (Å²) in [5.74, 6) is -2.70. The largest absolute Gasteiger partial charge is 0.392 e. The van der Waals surface area contributed by atoms with Crippen molar-refractivity contribution in [1.82, 2.24) is 0 Å². The molecule has 0 bridgehead atoms. The van der Waals surface area contributed by atoms with Crippen LogP contribution in [-0.4, -0.2) is 38.9 Å². The second-order valence-corrected chi connectivity index (χ2v) is 2.28. The van der Waals surface area contributed by atoms with Gasteiger partial charge in [0.2, 0.25) is 0 Å². The van der Waals surface area contributed by atoms with E-state index in [0.717, 1.165) is 6.92 Å². The number of hydrogen-bond acceptors (Lipinski definition) is 8. The highest BCUT2D eigenvalue weighted by atomic mass is 17.1. The lowest BCUT2D eigenvalue weighted by Gasteiger charge is -2.28. The van der Waals surface area contributed by atoms with Gasteiger partial charge < -0.3 is 10.2 Å². The highest BCUT2D eigenvalue weighted by Gasteiger charge is 2.44. The predicted molar refractivity (Wildman–Crippen MR) is 37.7 cm³/mol. The molecule has 1 atom stereocenters. The Labute approximate surface area is 76.9 Å². The smallest absolute Gasteiger partial charge is 0.311 e. The van der Waals surface area contributed by atoms with Gasteiger partial charge in [-0.2, -0.15) is 0 Å². The molecule has 2 N–H and O–H groups in total. The lowest BCUT2D eigenvalue weighted by atomic mass is 10.2. The molecule has 10 nitrogen and oxygen atoms in total. The minimum atomic E-state index is -2.70. The Hall–Kier alpha value is -1.68. The Morgan fingerprint density at radius 1 is 1.36 bits per heavy atom. The average molecular weight is 212 g/mol. The predicted octanol–water partition coefficient (Wildman–Crippen LogP) is -1.53. The lowest BCUT2D eigenvalue weighted by molar-refractivity contribution is -0.876. The first-order valence-corrected chi connectivity index (χ1v) is 3.30. The molecule has 0 aliphatic rings. The van der Waals surface area contributed by atoms with Crippen molar-refractivity contribution in [1.29, 1.82) is 0 Å². The van der Waals surface area contributed by atoms with Gasteiger partial charge in [-0.05, 0) is 6.92 Å². The van der Waals surface area contributed by atoms with E-state index in [1.165, 1.54) is 0 Å². The van der Waals surface area contributed by atoms with E-state index in [-0.39, 0.29) is 0 Å². The quantitative estimate of drug-likeness (QED) is 0.306. The van der Waals surface area contributed by atoms with Crippen LogP contribution in [0.4, 0.5) is 0 Å². The van der Waals surface area contributed by atoms with Crippen LogP contribution in [0.2, 0.25) is 0 Å². The van der Waals surface area contributed by atoms with Gasteiger partial charge in [0.15, 0.2) is 0 Å². The van der Waals surface area contributed by atoms with Gasteiger partial charge in [0.05, 0.1) is 6.61 Å². The van der Waals surface area contributed by atoms with Crippen molar-refractivity contribution in [3.05, 3.63) is 20.2 Å². The summed E-state index contributed by atoms with van der Waals surface area (Å²) < 4.78 is 0. The number of hydrogen-bond donors (Lipinski definition) is 2. The van der Waals surface area contributed by atoms with Crippen molar-refractivity contribution < 1.29 is 30.1 Å². The average Bonchev–Trinajstić information content (AvgIpc) is 2.00. The Kier molecular flexibility index (Phi) is 3.98. The molecule has 14 heavy (non-hydrogen) atoms. The molecule has 82 valence electrons. The molecule has 0 saturated carbocycles. The first-order chi connectivity index (χ1) is 6.34. The van der Waals surface area contributed by atoms with Crippen LogP contribution in [0.1, 0.15) is 6.92 Å². The van der Waals surface area contributed by atoms with Gasteiger partial charge in [0, 0.05) is 0 Å². The maximum atomic E-state index is 9.92. The molecule has 0 heterocycles. The molecule has 0 saturated heterocycles. The van der Waals surface area contributed by atoms with E-state index in [0.29, 0.717) is 0 Å². The summed E-state index contributed by atoms with van der Waals surface area (Å²) in [4.78, 5) is 27.3. The normalized spacial score (nSPS) is 13.1. The SMILES string of the molecule is CC(O)C(CO)(O[N+](=O)[O-])O[N+](=O)[O-]. The fourth-order valence-corrected chi connectivity index (χ4v) is 0.611. The van der Waals surface area contributed by atoms with Crippen LogP contribution >= 0.6 is 0 Å². The van der Waals surface area contributed by atoms with Crippen molar-refractivity contribution in [2.45, 2.75) is 18.8 Å². The Bertz CT molecular complexity index is 211. The summed E-state index contributed by atoms with van der Waals surface area (Å²) in [6.07, 6.45) is -1.76. The van der Waals surface area contributed by atoms with Crippen LogP contribution < -0.4 is 0 Å². The maximum absolute atomic E-state index is 9.92. The fraction of sp³-hybridized carbons (Fsp3) is 1.00. The highest BCUT2D eigenvalue weighted by molar-refractivity contribution is 4.71. The highest BCUT2D eigenvalue weighted by Crippen LogP contribution is 2.18. The van der Waals surface area contributed by atoms with E-state index in [1.54, 1.807) is 0 Å². The first-order valence-electron chi connectivity index (χ1n) is 3.30. The van der Waals surface area contributed by atoms with Gasteiger partial charge in [-0.15, -0.1) is 20.2 Å². The summed E-state index contributed by atoms with van der Waals surface area (Å²) in [7, 11) is 0. The molecule has 0 fully saturated rings. The number of nitrogens with zero attached hydrogens (tertiary/aromatic N) is 2. The molecule has 0 aromatic carbocycles. The zero-order valence-corrected chi connectivity index (χ0v) is 7.02. The van der Waals surface area contributed by atoms with Crippen molar-refractivity contribution in [3.8, 4) is 0 Å². The van der Waals surface area contributed by atoms with Crippen molar-refractivity contribution in [3.63, 3.8) is 0 Å². The Morgan fingerprint density at radius 3 is 1.86 bits per heavy atom. The zero-order chi connectivity index (χ0) is 11.4. The minimum absolute atomic E-state index is 0.934. The Morgan fingerprint density at radius 2 is 1.71 bits per heavy atom. The van der Waals surface area contributed by atoms with E-state index in [1.807, 2.05) is 0 Å². The lowest BCUT2D eigenvalue weighted by Crippen LogP contribution is -2.51. The summed E-state index contributed by atoms with van der Waals surface area (Å²) in [5, 5.41) is 34.6. The second-order valence-electron chi connectivity index (χ2n) is 2.28. The van der Waals surface area contributed by atoms with Gasteiger partial charge in [0.1, 0.15) is 6.10 Å². The van der Waals surface area contributed by atoms with Crippen LogP contribution in [0.25, 0.3) is 0 Å². The minimum Gasteiger partial charge on any atom is -0.392 e. The van der Waals surface area contributed by atoms with Crippen molar-refractivity contribution in [2.75, 3.05) is 6.61 Å². The zero-order valence-electron chi connectivity index (χ0n) is 7.02. The van der Waals surface area contributed by atoms with Gasteiger partial charge in [-0.3, -0.25) is 9.68 Å². The van der Waals surface area contributed by atoms with Crippen LogP contribution in [0, 0.1) is 20.2 Å². The van der Waals surface area contributed by atoms with Gasteiger partial charge in [0.25, 0.3) is 10.2 Å². The molecule has 0 aliphatic carbocycles. The number of rotatable bonds is 6. The monoisotopic (exact) mass is 212 g/mol. The standard InChI is InChI=1S/C4H8N2O8/c1-3(8)4(2-7,13-5(9)10)14-6(11)12/h3,7-8H,2H2,1H3. The molecule has 0 aromatic heterocycles. The summed E-state index contributed by atoms with van der Waals surface area (Å²) in [5.41, 5.74) is 0. The van der Waals surface area contributed by atoms with Gasteiger partial charge >= 0.3 is 5.79 Å². The molecule has 0 amide bonds. The van der Waals surface area contributed by atoms with Crippen LogP contribution in [0.5, 0.6) is 0 Å². The van der Waals surface area contributed by atoms with Crippen molar-refractivity contribution in [2.24, 2.45) is 0 Å². The molecule has 1 unspecified atom stereocenters. The molecule has 0 rings (SSSR count). The first kappa shape index (κ1) is 12.3. The second kappa shape index (κ2) is 4.53. The summed E-state index contributed by atoms with van der Waals surface area (Å²) in [6, 6.07) is 0. The van der Waals surface area contributed by atoms with Gasteiger partial charge in [-0.1, -0.05) is 0 Å². The third-order valence-electron chi connectivity index (χ3n) is 1.32. The molecule has 0 aliphatic heterocycles. The number of aliphatic hydroxyl groups excluding tert-OH is 2. The molecular weight excluding hydrogens is 204 g/mol. The van der Waals surface area contributed by atoms with Crippen LogP contribution in [-0.2, 0) is 9.68 Å². The van der Waals surface area contributed by atoms with E-state index in [9.17, 15) is 20.2 Å². The van der Waals surface area contributed by atoms with E-state index in [2.05, 4.69) is 9.68 Å². The van der Waals surface area contributed by atoms with Crippen molar-refractivity contribution >= 4 is 0 Å². The van der Waals surface area contributed by atoms with Crippen LogP contribution in [0.3, 0.4) is 0 Å². The summed E-state index contributed by atoms with van der Waals surface area (Å²) >= 11 is 0. The topological polar surface area (TPSA) is 145 Å². The Balaban J connectivity index is 4.77. The summed E-state index contributed by atoms with van der Waals surface area (Å²) in [6.45, 7) is -0.310. The third kappa shape index (κ3) is 2.99. The molecule has 0 radical (unpaired) electrons. The molecular formula is C4H8N2O8. The van der Waals surface area contributed by atoms with E-state index < -0.39 is 28.7 Å².